The molecule has 0 aliphatic carbocycles. The lowest BCUT2D eigenvalue weighted by atomic mass is 10.4. The van der Waals surface area contributed by atoms with E-state index >= 15 is 0 Å². The van der Waals surface area contributed by atoms with Crippen molar-refractivity contribution in [1.82, 2.24) is 19.0 Å². The number of aromatic nitrogens is 3. The van der Waals surface area contributed by atoms with E-state index in [1.165, 1.54) is 48.3 Å². The third kappa shape index (κ3) is 3.16. The predicted molar refractivity (Wildman–Crippen MR) is 88.3 cm³/mol. The molecule has 8 nitrogen and oxygen atoms in total. The Labute approximate surface area is 142 Å². The molecule has 0 aromatic carbocycles. The molecule has 0 aliphatic heterocycles. The maximum absolute atomic E-state index is 12.2. The molecule has 0 saturated heterocycles. The van der Waals surface area contributed by atoms with Gasteiger partial charge in [-0.05, 0) is 17.5 Å². The second-order valence-electron chi connectivity index (χ2n) is 5.11. The number of nitrogens with zero attached hydrogens (tertiary/aromatic N) is 4. The normalized spacial score (nSPS) is 12.0. The van der Waals surface area contributed by atoms with E-state index in [2.05, 4.69) is 10.1 Å². The van der Waals surface area contributed by atoms with E-state index in [4.69, 9.17) is 4.52 Å². The van der Waals surface area contributed by atoms with E-state index in [0.29, 0.717) is 11.7 Å². The molecule has 3 aromatic heterocycles. The fraction of sp³-hybridized carbons (Fsp3) is 0.214. The average molecular weight is 366 g/mol. The molecule has 0 N–H and O–H groups in total. The zero-order valence-electron chi connectivity index (χ0n) is 12.9. The Morgan fingerprint density at radius 3 is 2.75 bits per heavy atom. The van der Waals surface area contributed by atoms with Crippen molar-refractivity contribution in [2.24, 2.45) is 0 Å². The van der Waals surface area contributed by atoms with Crippen molar-refractivity contribution in [3.05, 3.63) is 52.0 Å². The smallest absolute Gasteiger partial charge is 0.268 e. The number of hydrogen-bond acceptors (Lipinski definition) is 7. The van der Waals surface area contributed by atoms with Crippen molar-refractivity contribution in [3.8, 4) is 10.8 Å². The van der Waals surface area contributed by atoms with Gasteiger partial charge in [-0.2, -0.15) is 4.98 Å². The first kappa shape index (κ1) is 16.6. The topological polar surface area (TPSA) is 98.3 Å². The minimum Gasteiger partial charge on any atom is -0.333 e. The maximum Gasteiger partial charge on any atom is 0.268 e. The Morgan fingerprint density at radius 1 is 1.29 bits per heavy atom. The quantitative estimate of drug-likeness (QED) is 0.674. The molecule has 0 atom stereocenters. The second-order valence-corrected chi connectivity index (χ2v) is 8.21. The molecule has 0 saturated carbocycles. The standard InChI is InChI=1S/C14H14N4O4S2/c1-17(2)24(20,21)10-5-6-13(19)18(8-10)9-12-15-14(22-16-12)11-4-3-7-23-11/h3-8H,9H2,1-2H3. The van der Waals surface area contributed by atoms with Crippen LogP contribution in [-0.4, -0.2) is 41.5 Å². The number of sulfonamides is 1. The van der Waals surface area contributed by atoms with Crippen LogP contribution in [-0.2, 0) is 16.6 Å². The third-order valence-corrected chi connectivity index (χ3v) is 5.90. The predicted octanol–water partition coefficient (Wildman–Crippen LogP) is 1.26. The molecule has 0 aliphatic rings. The summed E-state index contributed by atoms with van der Waals surface area (Å²) in [4.78, 5) is 17.1. The molecule has 0 fully saturated rings. The molecule has 0 amide bonds. The summed E-state index contributed by atoms with van der Waals surface area (Å²) in [6.07, 6.45) is 1.28. The molecule has 126 valence electrons. The van der Waals surface area contributed by atoms with Gasteiger partial charge < -0.3 is 9.09 Å². The van der Waals surface area contributed by atoms with E-state index in [-0.39, 0.29) is 17.0 Å². The summed E-state index contributed by atoms with van der Waals surface area (Å²) in [5, 5.41) is 5.72. The van der Waals surface area contributed by atoms with Gasteiger partial charge >= 0.3 is 0 Å². The Kier molecular flexibility index (Phi) is 4.35. The van der Waals surface area contributed by atoms with E-state index in [0.717, 1.165) is 9.18 Å². The van der Waals surface area contributed by atoms with Crippen molar-refractivity contribution in [1.29, 1.82) is 0 Å². The zero-order valence-corrected chi connectivity index (χ0v) is 14.5. The largest absolute Gasteiger partial charge is 0.333 e. The van der Waals surface area contributed by atoms with Gasteiger partial charge in [-0.1, -0.05) is 11.2 Å². The zero-order chi connectivity index (χ0) is 17.3. The van der Waals surface area contributed by atoms with Gasteiger partial charge in [0.25, 0.3) is 11.4 Å². The molecule has 24 heavy (non-hydrogen) atoms. The summed E-state index contributed by atoms with van der Waals surface area (Å²) >= 11 is 1.46. The molecular weight excluding hydrogens is 352 g/mol. The third-order valence-electron chi connectivity index (χ3n) is 3.25. The highest BCUT2D eigenvalue weighted by molar-refractivity contribution is 7.89. The Hall–Kier alpha value is -2.30. The van der Waals surface area contributed by atoms with Crippen molar-refractivity contribution in [2.75, 3.05) is 14.1 Å². The molecule has 3 rings (SSSR count). The summed E-state index contributed by atoms with van der Waals surface area (Å²) in [5.74, 6) is 0.657. The highest BCUT2D eigenvalue weighted by atomic mass is 32.2. The van der Waals surface area contributed by atoms with Crippen LogP contribution in [0.1, 0.15) is 5.82 Å². The highest BCUT2D eigenvalue weighted by Gasteiger charge is 2.19. The Bertz CT molecular complexity index is 1000. The fourth-order valence-corrected chi connectivity index (χ4v) is 3.53. The van der Waals surface area contributed by atoms with Crippen molar-refractivity contribution >= 4 is 21.4 Å². The van der Waals surface area contributed by atoms with Gasteiger partial charge in [0.05, 0.1) is 16.3 Å². The molecule has 0 unspecified atom stereocenters. The SMILES string of the molecule is CN(C)S(=O)(=O)c1ccc(=O)n(Cc2noc(-c3cccs3)n2)c1. The number of hydrogen-bond donors (Lipinski definition) is 0. The van der Waals surface area contributed by atoms with Gasteiger partial charge in [0.15, 0.2) is 5.82 Å². The lowest BCUT2D eigenvalue weighted by Crippen LogP contribution is -2.26. The van der Waals surface area contributed by atoms with Crippen LogP contribution in [0.15, 0.2) is 50.1 Å². The van der Waals surface area contributed by atoms with Gasteiger partial charge in [-0.25, -0.2) is 12.7 Å². The minimum absolute atomic E-state index is 0.0184. The average Bonchev–Trinajstić information content (AvgIpc) is 3.20. The lowest BCUT2D eigenvalue weighted by molar-refractivity contribution is 0.420. The molecule has 0 radical (unpaired) electrons. The van der Waals surface area contributed by atoms with Crippen LogP contribution in [0.25, 0.3) is 10.8 Å². The van der Waals surface area contributed by atoms with Gasteiger partial charge in [-0.15, -0.1) is 11.3 Å². The van der Waals surface area contributed by atoms with Crippen LogP contribution in [0.4, 0.5) is 0 Å². The number of pyridine rings is 1. The van der Waals surface area contributed by atoms with Gasteiger partial charge in [0.2, 0.25) is 10.0 Å². The summed E-state index contributed by atoms with van der Waals surface area (Å²) in [5.41, 5.74) is -0.352. The summed E-state index contributed by atoms with van der Waals surface area (Å²) < 4.78 is 31.8. The monoisotopic (exact) mass is 366 g/mol. The Morgan fingerprint density at radius 2 is 2.08 bits per heavy atom. The summed E-state index contributed by atoms with van der Waals surface area (Å²) in [6, 6.07) is 6.19. The van der Waals surface area contributed by atoms with Crippen LogP contribution in [0, 0.1) is 0 Å². The number of rotatable bonds is 5. The highest BCUT2D eigenvalue weighted by Crippen LogP contribution is 2.22. The van der Waals surface area contributed by atoms with E-state index in [1.54, 1.807) is 0 Å². The lowest BCUT2D eigenvalue weighted by Gasteiger charge is -2.12. The van der Waals surface area contributed by atoms with E-state index in [1.807, 2.05) is 17.5 Å². The first-order valence-corrected chi connectivity index (χ1v) is 9.19. The minimum atomic E-state index is -3.63. The van der Waals surface area contributed by atoms with Gasteiger partial charge in [0.1, 0.15) is 0 Å². The Balaban J connectivity index is 1.92. The first-order chi connectivity index (χ1) is 11.4. The van der Waals surface area contributed by atoms with Crippen LogP contribution >= 0.6 is 11.3 Å². The maximum atomic E-state index is 12.2. The molecule has 3 aromatic rings. The summed E-state index contributed by atoms with van der Waals surface area (Å²) in [6.45, 7) is 0.0184. The van der Waals surface area contributed by atoms with Gasteiger partial charge in [-0.3, -0.25) is 4.79 Å². The van der Waals surface area contributed by atoms with Crippen molar-refractivity contribution in [3.63, 3.8) is 0 Å². The van der Waals surface area contributed by atoms with Crippen molar-refractivity contribution < 1.29 is 12.9 Å². The van der Waals surface area contributed by atoms with Gasteiger partial charge in [0, 0.05) is 26.4 Å². The molecule has 0 bridgehead atoms. The first-order valence-electron chi connectivity index (χ1n) is 6.87. The van der Waals surface area contributed by atoms with E-state index < -0.39 is 10.0 Å². The van der Waals surface area contributed by atoms with Crippen LogP contribution in [0.5, 0.6) is 0 Å². The number of thiophene rings is 1. The van der Waals surface area contributed by atoms with Crippen LogP contribution in [0.3, 0.4) is 0 Å². The second kappa shape index (κ2) is 6.30. The fourth-order valence-electron chi connectivity index (χ4n) is 1.97. The molecule has 3 heterocycles. The van der Waals surface area contributed by atoms with Crippen LogP contribution in [0.2, 0.25) is 0 Å². The van der Waals surface area contributed by atoms with E-state index in [9.17, 15) is 13.2 Å². The molecule has 0 spiro atoms. The van der Waals surface area contributed by atoms with Crippen LogP contribution < -0.4 is 5.56 Å². The van der Waals surface area contributed by atoms with Crippen molar-refractivity contribution in [2.45, 2.75) is 11.4 Å². The molecule has 10 heteroatoms. The summed E-state index contributed by atoms with van der Waals surface area (Å²) in [7, 11) is -0.772. The molecular formula is C14H14N4O4S2.